The Morgan fingerprint density at radius 1 is 1.10 bits per heavy atom. The van der Waals surface area contributed by atoms with Gasteiger partial charge in [0.2, 0.25) is 0 Å². The first kappa shape index (κ1) is 21.2. The standard InChI is InChI=1S/C21H28ClN5O2/c1-21(2,3)29-20(28)27-12-10-26(11-13-27)17-14-23-19(25(4)5)18(24-17)15-6-8-16(22)9-7-15/h6-9,14H,10-13H2,1-5H3. The summed E-state index contributed by atoms with van der Waals surface area (Å²) in [6, 6.07) is 7.60. The van der Waals surface area contributed by atoms with E-state index in [2.05, 4.69) is 9.88 Å². The second-order valence-electron chi connectivity index (χ2n) is 8.26. The molecule has 156 valence electrons. The van der Waals surface area contributed by atoms with Gasteiger partial charge in [0.05, 0.1) is 6.20 Å². The number of halogens is 1. The molecule has 1 fully saturated rings. The van der Waals surface area contributed by atoms with Crippen molar-refractivity contribution in [3.63, 3.8) is 0 Å². The van der Waals surface area contributed by atoms with E-state index in [-0.39, 0.29) is 6.09 Å². The van der Waals surface area contributed by atoms with Crippen LogP contribution in [0.15, 0.2) is 30.5 Å². The van der Waals surface area contributed by atoms with Crippen LogP contribution in [0.1, 0.15) is 20.8 Å². The van der Waals surface area contributed by atoms with Gasteiger partial charge < -0.3 is 19.4 Å². The van der Waals surface area contributed by atoms with Gasteiger partial charge in [-0.15, -0.1) is 0 Å². The zero-order chi connectivity index (χ0) is 21.2. The lowest BCUT2D eigenvalue weighted by atomic mass is 10.1. The number of amides is 1. The van der Waals surface area contributed by atoms with Crippen LogP contribution in [-0.2, 0) is 4.74 Å². The van der Waals surface area contributed by atoms with Gasteiger partial charge in [-0.05, 0) is 32.9 Å². The first-order valence-corrected chi connectivity index (χ1v) is 10.0. The van der Waals surface area contributed by atoms with Gasteiger partial charge in [-0.2, -0.15) is 0 Å². The molecule has 0 unspecified atom stereocenters. The molecular formula is C21H28ClN5O2. The molecular weight excluding hydrogens is 390 g/mol. The number of benzene rings is 1. The van der Waals surface area contributed by atoms with Crippen LogP contribution in [0.2, 0.25) is 5.02 Å². The molecule has 0 radical (unpaired) electrons. The lowest BCUT2D eigenvalue weighted by Gasteiger charge is -2.36. The first-order valence-electron chi connectivity index (χ1n) is 9.67. The fourth-order valence-electron chi connectivity index (χ4n) is 3.10. The van der Waals surface area contributed by atoms with E-state index in [1.165, 1.54) is 0 Å². The highest BCUT2D eigenvalue weighted by Crippen LogP contribution is 2.29. The number of hydrogen-bond acceptors (Lipinski definition) is 6. The van der Waals surface area contributed by atoms with Crippen molar-refractivity contribution in [2.45, 2.75) is 26.4 Å². The molecule has 1 aliphatic rings. The van der Waals surface area contributed by atoms with Crippen LogP contribution in [0.25, 0.3) is 11.3 Å². The van der Waals surface area contributed by atoms with Crippen molar-refractivity contribution >= 4 is 29.3 Å². The van der Waals surface area contributed by atoms with Crippen LogP contribution in [0.4, 0.5) is 16.4 Å². The summed E-state index contributed by atoms with van der Waals surface area (Å²) in [7, 11) is 3.89. The normalized spacial score (nSPS) is 14.7. The number of anilines is 2. The summed E-state index contributed by atoms with van der Waals surface area (Å²) < 4.78 is 5.47. The Hall–Kier alpha value is -2.54. The van der Waals surface area contributed by atoms with Crippen LogP contribution in [0.3, 0.4) is 0 Å². The van der Waals surface area contributed by atoms with Gasteiger partial charge in [-0.1, -0.05) is 23.7 Å². The van der Waals surface area contributed by atoms with Crippen LogP contribution in [0.5, 0.6) is 0 Å². The van der Waals surface area contributed by atoms with Gasteiger partial charge in [0.15, 0.2) is 5.82 Å². The maximum Gasteiger partial charge on any atom is 0.410 e. The third-order valence-corrected chi connectivity index (χ3v) is 4.79. The minimum Gasteiger partial charge on any atom is -0.444 e. The highest BCUT2D eigenvalue weighted by Gasteiger charge is 2.27. The molecule has 1 amide bonds. The van der Waals surface area contributed by atoms with Gasteiger partial charge in [0, 0.05) is 50.9 Å². The number of rotatable bonds is 3. The van der Waals surface area contributed by atoms with E-state index in [1.54, 1.807) is 11.1 Å². The number of ether oxygens (including phenoxy) is 1. The molecule has 2 aromatic rings. The summed E-state index contributed by atoms with van der Waals surface area (Å²) in [4.78, 5) is 27.6. The molecule has 1 aromatic heterocycles. The van der Waals surface area contributed by atoms with Crippen molar-refractivity contribution < 1.29 is 9.53 Å². The Bertz CT molecular complexity index is 856. The third-order valence-electron chi connectivity index (χ3n) is 4.54. The van der Waals surface area contributed by atoms with E-state index in [1.807, 2.05) is 64.0 Å². The number of carbonyl (C=O) groups excluding carboxylic acids is 1. The molecule has 7 nitrogen and oxygen atoms in total. The molecule has 0 spiro atoms. The molecule has 29 heavy (non-hydrogen) atoms. The van der Waals surface area contributed by atoms with Crippen molar-refractivity contribution in [2.75, 3.05) is 50.1 Å². The molecule has 1 aromatic carbocycles. The Balaban J connectivity index is 1.77. The van der Waals surface area contributed by atoms with E-state index >= 15 is 0 Å². The molecule has 0 saturated carbocycles. The molecule has 1 aliphatic heterocycles. The lowest BCUT2D eigenvalue weighted by Crippen LogP contribution is -2.50. The topological polar surface area (TPSA) is 61.8 Å². The Morgan fingerprint density at radius 3 is 2.28 bits per heavy atom. The molecule has 0 atom stereocenters. The molecule has 8 heteroatoms. The summed E-state index contributed by atoms with van der Waals surface area (Å²) >= 11 is 6.04. The van der Waals surface area contributed by atoms with E-state index < -0.39 is 5.60 Å². The van der Waals surface area contributed by atoms with E-state index in [4.69, 9.17) is 21.3 Å². The summed E-state index contributed by atoms with van der Waals surface area (Å²) in [6.07, 6.45) is 1.52. The van der Waals surface area contributed by atoms with Crippen molar-refractivity contribution in [3.8, 4) is 11.3 Å². The molecule has 2 heterocycles. The quantitative estimate of drug-likeness (QED) is 0.754. The number of carbonyl (C=O) groups is 1. The van der Waals surface area contributed by atoms with Gasteiger partial charge in [0.25, 0.3) is 0 Å². The monoisotopic (exact) mass is 417 g/mol. The van der Waals surface area contributed by atoms with Crippen molar-refractivity contribution in [2.24, 2.45) is 0 Å². The van der Waals surface area contributed by atoms with Crippen LogP contribution in [0, 0.1) is 0 Å². The summed E-state index contributed by atoms with van der Waals surface area (Å²) in [6.45, 7) is 8.15. The van der Waals surface area contributed by atoms with E-state index in [0.717, 1.165) is 22.9 Å². The van der Waals surface area contributed by atoms with E-state index in [9.17, 15) is 4.79 Å². The highest BCUT2D eigenvalue weighted by atomic mass is 35.5. The second kappa shape index (κ2) is 8.45. The number of piperazine rings is 1. The largest absolute Gasteiger partial charge is 0.444 e. The second-order valence-corrected chi connectivity index (χ2v) is 8.69. The third kappa shape index (κ3) is 5.29. The number of hydrogen-bond donors (Lipinski definition) is 0. The summed E-state index contributed by atoms with van der Waals surface area (Å²) in [5.41, 5.74) is 1.27. The molecule has 0 bridgehead atoms. The maximum absolute atomic E-state index is 12.3. The SMILES string of the molecule is CN(C)c1ncc(N2CCN(C(=O)OC(C)(C)C)CC2)nc1-c1ccc(Cl)cc1. The Labute approximate surface area is 177 Å². The minimum absolute atomic E-state index is 0.270. The summed E-state index contributed by atoms with van der Waals surface area (Å²) in [5, 5.41) is 0.683. The predicted molar refractivity (Wildman–Crippen MR) is 117 cm³/mol. The fourth-order valence-corrected chi connectivity index (χ4v) is 3.23. The van der Waals surface area contributed by atoms with Gasteiger partial charge in [0.1, 0.15) is 17.1 Å². The van der Waals surface area contributed by atoms with Gasteiger partial charge in [-0.3, -0.25) is 0 Å². The zero-order valence-corrected chi connectivity index (χ0v) is 18.4. The van der Waals surface area contributed by atoms with Crippen molar-refractivity contribution in [3.05, 3.63) is 35.5 Å². The number of nitrogens with zero attached hydrogens (tertiary/aromatic N) is 5. The predicted octanol–water partition coefficient (Wildman–Crippen LogP) is 3.92. The highest BCUT2D eigenvalue weighted by molar-refractivity contribution is 6.30. The average Bonchev–Trinajstić information content (AvgIpc) is 2.67. The van der Waals surface area contributed by atoms with Crippen molar-refractivity contribution in [1.82, 2.24) is 14.9 Å². The Kier molecular flexibility index (Phi) is 6.17. The minimum atomic E-state index is -0.491. The zero-order valence-electron chi connectivity index (χ0n) is 17.6. The summed E-state index contributed by atoms with van der Waals surface area (Å²) in [5.74, 6) is 1.59. The first-order chi connectivity index (χ1) is 13.6. The Morgan fingerprint density at radius 2 is 1.72 bits per heavy atom. The molecule has 1 saturated heterocycles. The fraction of sp³-hybridized carbons (Fsp3) is 0.476. The molecule has 0 aliphatic carbocycles. The molecule has 0 N–H and O–H groups in total. The van der Waals surface area contributed by atoms with Crippen LogP contribution >= 0.6 is 11.6 Å². The van der Waals surface area contributed by atoms with Gasteiger partial charge in [-0.25, -0.2) is 14.8 Å². The average molecular weight is 418 g/mol. The van der Waals surface area contributed by atoms with Gasteiger partial charge >= 0.3 is 6.09 Å². The molecule has 3 rings (SSSR count). The van der Waals surface area contributed by atoms with Crippen LogP contribution in [-0.4, -0.2) is 66.8 Å². The smallest absolute Gasteiger partial charge is 0.410 e. The maximum atomic E-state index is 12.3. The number of aromatic nitrogens is 2. The van der Waals surface area contributed by atoms with Crippen LogP contribution < -0.4 is 9.80 Å². The lowest BCUT2D eigenvalue weighted by molar-refractivity contribution is 0.0240. The van der Waals surface area contributed by atoms with Crippen molar-refractivity contribution in [1.29, 1.82) is 0 Å². The van der Waals surface area contributed by atoms with E-state index in [0.29, 0.717) is 31.2 Å².